The lowest BCUT2D eigenvalue weighted by atomic mass is 10.0. The van der Waals surface area contributed by atoms with Crippen LogP contribution in [0.4, 0.5) is 5.13 Å². The molecule has 4 rings (SSSR count). The zero-order valence-corrected chi connectivity index (χ0v) is 24.2. The Hall–Kier alpha value is -2.94. The number of amides is 2. The first-order valence-electron chi connectivity index (χ1n) is 12.9. The Balaban J connectivity index is 0.000000244. The summed E-state index contributed by atoms with van der Waals surface area (Å²) in [5.41, 5.74) is 4.64. The van der Waals surface area contributed by atoms with Crippen molar-refractivity contribution in [2.24, 2.45) is 0 Å². The standard InChI is InChI=1S/C18H24N4OS.C11H14ClNO/c1-14(17-5-3-16(4-6-17)13-20-15(2)23)21-8-10-22(11-9-21)18-19-7-12-24-18;1-8(12)11-5-3-10(4-6-11)7-13-9(2)14/h3-7,12,14H,8-11,13H2,1-2H3,(H,20,23);3-6,8H,7H2,1-2H3,(H,13,14). The van der Waals surface area contributed by atoms with E-state index in [9.17, 15) is 9.59 Å². The van der Waals surface area contributed by atoms with Gasteiger partial charge in [0, 0.05) is 70.7 Å². The molecule has 2 atom stereocenters. The molecule has 2 heterocycles. The number of thiazole rings is 1. The van der Waals surface area contributed by atoms with Crippen LogP contribution in [0, 0.1) is 0 Å². The molecule has 2 N–H and O–H groups in total. The highest BCUT2D eigenvalue weighted by atomic mass is 35.5. The maximum atomic E-state index is 11.0. The first kappa shape index (κ1) is 29.6. The van der Waals surface area contributed by atoms with E-state index in [1.165, 1.54) is 12.5 Å². The summed E-state index contributed by atoms with van der Waals surface area (Å²) in [6.45, 7) is 12.6. The number of nitrogens with zero attached hydrogens (tertiary/aromatic N) is 3. The Morgan fingerprint density at radius 1 is 0.868 bits per heavy atom. The van der Waals surface area contributed by atoms with E-state index in [-0.39, 0.29) is 17.2 Å². The minimum absolute atomic E-state index is 0.00514. The molecule has 2 unspecified atom stereocenters. The highest BCUT2D eigenvalue weighted by Gasteiger charge is 2.23. The van der Waals surface area contributed by atoms with E-state index in [1.807, 2.05) is 42.8 Å². The van der Waals surface area contributed by atoms with Gasteiger partial charge in [-0.25, -0.2) is 4.98 Å². The minimum atomic E-state index is -0.0141. The van der Waals surface area contributed by atoms with E-state index in [0.717, 1.165) is 48.0 Å². The Labute approximate surface area is 235 Å². The van der Waals surface area contributed by atoms with Crippen LogP contribution in [0.25, 0.3) is 0 Å². The van der Waals surface area contributed by atoms with Crippen LogP contribution >= 0.6 is 22.9 Å². The number of anilines is 1. The van der Waals surface area contributed by atoms with Gasteiger partial charge in [-0.15, -0.1) is 22.9 Å². The van der Waals surface area contributed by atoms with Gasteiger partial charge in [-0.3, -0.25) is 14.5 Å². The molecule has 3 aromatic rings. The van der Waals surface area contributed by atoms with Gasteiger partial charge >= 0.3 is 0 Å². The van der Waals surface area contributed by atoms with Crippen LogP contribution in [0.1, 0.15) is 61.4 Å². The molecule has 7 nitrogen and oxygen atoms in total. The summed E-state index contributed by atoms with van der Waals surface area (Å²) in [6, 6.07) is 16.9. The summed E-state index contributed by atoms with van der Waals surface area (Å²) in [7, 11) is 0. The fourth-order valence-electron chi connectivity index (χ4n) is 4.15. The van der Waals surface area contributed by atoms with Gasteiger partial charge in [0.05, 0.1) is 5.38 Å². The number of halogens is 1. The zero-order valence-electron chi connectivity index (χ0n) is 22.6. The second-order valence-corrected chi connectivity index (χ2v) is 11.0. The normalized spacial score (nSPS) is 15.1. The number of aromatic nitrogens is 1. The first-order chi connectivity index (χ1) is 18.2. The average molecular weight is 556 g/mol. The molecule has 0 spiro atoms. The van der Waals surface area contributed by atoms with Crippen molar-refractivity contribution in [1.29, 1.82) is 0 Å². The SMILES string of the molecule is CC(=O)NCc1ccc(C(C)Cl)cc1.CC(=O)NCc1ccc(C(C)N2CCN(c3nccs3)CC2)cc1. The Morgan fingerprint density at radius 2 is 1.37 bits per heavy atom. The third kappa shape index (κ3) is 9.42. The molecule has 38 heavy (non-hydrogen) atoms. The van der Waals surface area contributed by atoms with Gasteiger partial charge in [0.15, 0.2) is 5.13 Å². The number of hydrogen-bond acceptors (Lipinski definition) is 6. The van der Waals surface area contributed by atoms with Crippen molar-refractivity contribution in [2.75, 3.05) is 31.1 Å². The fraction of sp³-hybridized carbons (Fsp3) is 0.414. The fourth-order valence-corrected chi connectivity index (χ4v) is 4.99. The van der Waals surface area contributed by atoms with E-state index in [4.69, 9.17) is 11.6 Å². The number of carbonyl (C=O) groups excluding carboxylic acids is 2. The van der Waals surface area contributed by atoms with Crippen molar-refractivity contribution < 1.29 is 9.59 Å². The minimum Gasteiger partial charge on any atom is -0.352 e. The lowest BCUT2D eigenvalue weighted by Gasteiger charge is -2.38. The molecule has 1 aliphatic heterocycles. The largest absolute Gasteiger partial charge is 0.352 e. The predicted octanol–water partition coefficient (Wildman–Crippen LogP) is 5.28. The van der Waals surface area contributed by atoms with E-state index in [2.05, 4.69) is 56.6 Å². The average Bonchev–Trinajstić information content (AvgIpc) is 3.46. The molecule has 1 saturated heterocycles. The maximum Gasteiger partial charge on any atom is 0.217 e. The molecule has 1 aliphatic rings. The number of rotatable bonds is 8. The quantitative estimate of drug-likeness (QED) is 0.370. The summed E-state index contributed by atoms with van der Waals surface area (Å²) in [6.07, 6.45) is 1.87. The zero-order chi connectivity index (χ0) is 27.5. The Bertz CT molecular complexity index is 1130. The number of nitrogens with one attached hydrogen (secondary N) is 2. The first-order valence-corrected chi connectivity index (χ1v) is 14.2. The summed E-state index contributed by atoms with van der Waals surface area (Å²) in [5.74, 6) is -0.00895. The van der Waals surface area contributed by atoms with Gasteiger partial charge in [0.1, 0.15) is 0 Å². The summed E-state index contributed by atoms with van der Waals surface area (Å²) in [4.78, 5) is 30.9. The van der Waals surface area contributed by atoms with Gasteiger partial charge in [0.25, 0.3) is 0 Å². The number of alkyl halides is 1. The second-order valence-electron chi connectivity index (χ2n) is 9.43. The van der Waals surface area contributed by atoms with E-state index >= 15 is 0 Å². The molecule has 0 radical (unpaired) electrons. The number of carbonyl (C=O) groups is 2. The van der Waals surface area contributed by atoms with E-state index < -0.39 is 0 Å². The molecule has 1 fully saturated rings. The van der Waals surface area contributed by atoms with E-state index in [0.29, 0.717) is 19.1 Å². The third-order valence-corrected chi connectivity index (χ3v) is 7.62. The van der Waals surface area contributed by atoms with Crippen LogP contribution in [-0.4, -0.2) is 47.9 Å². The molecule has 0 bridgehead atoms. The molecule has 0 saturated carbocycles. The molecular formula is C29H38ClN5O2S. The van der Waals surface area contributed by atoms with Crippen molar-refractivity contribution in [1.82, 2.24) is 20.5 Å². The summed E-state index contributed by atoms with van der Waals surface area (Å²) in [5, 5.41) is 8.77. The highest BCUT2D eigenvalue weighted by Crippen LogP contribution is 2.25. The summed E-state index contributed by atoms with van der Waals surface area (Å²) >= 11 is 7.62. The number of piperazine rings is 1. The van der Waals surface area contributed by atoms with E-state index in [1.54, 1.807) is 18.3 Å². The van der Waals surface area contributed by atoms with Crippen molar-refractivity contribution in [3.05, 3.63) is 82.4 Å². The van der Waals surface area contributed by atoms with Crippen LogP contribution in [0.2, 0.25) is 0 Å². The van der Waals surface area contributed by atoms with Crippen molar-refractivity contribution >= 4 is 39.9 Å². The van der Waals surface area contributed by atoms with Crippen molar-refractivity contribution in [3.8, 4) is 0 Å². The Morgan fingerprint density at radius 3 is 1.79 bits per heavy atom. The van der Waals surface area contributed by atoms with Crippen LogP contribution < -0.4 is 15.5 Å². The summed E-state index contributed by atoms with van der Waals surface area (Å²) < 4.78 is 0. The van der Waals surface area contributed by atoms with Gasteiger partial charge in [-0.2, -0.15) is 0 Å². The molecule has 1 aromatic heterocycles. The smallest absolute Gasteiger partial charge is 0.217 e. The topological polar surface area (TPSA) is 77.6 Å². The van der Waals surface area contributed by atoms with Crippen LogP contribution in [-0.2, 0) is 22.7 Å². The number of hydrogen-bond donors (Lipinski definition) is 2. The van der Waals surface area contributed by atoms with Crippen LogP contribution in [0.3, 0.4) is 0 Å². The molecule has 9 heteroatoms. The van der Waals surface area contributed by atoms with Crippen molar-refractivity contribution in [3.63, 3.8) is 0 Å². The van der Waals surface area contributed by atoms with Gasteiger partial charge in [0.2, 0.25) is 11.8 Å². The van der Waals surface area contributed by atoms with Crippen LogP contribution in [0.15, 0.2) is 60.1 Å². The second kappa shape index (κ2) is 14.9. The maximum absolute atomic E-state index is 11.0. The third-order valence-electron chi connectivity index (χ3n) is 6.54. The lowest BCUT2D eigenvalue weighted by molar-refractivity contribution is -0.120. The highest BCUT2D eigenvalue weighted by molar-refractivity contribution is 7.13. The van der Waals surface area contributed by atoms with Crippen LogP contribution in [0.5, 0.6) is 0 Å². The molecule has 2 aromatic carbocycles. The Kier molecular flexibility index (Phi) is 11.6. The molecular weight excluding hydrogens is 518 g/mol. The van der Waals surface area contributed by atoms with Gasteiger partial charge < -0.3 is 15.5 Å². The molecule has 204 valence electrons. The monoisotopic (exact) mass is 555 g/mol. The molecule has 2 amide bonds. The molecule has 0 aliphatic carbocycles. The van der Waals surface area contributed by atoms with Gasteiger partial charge in [-0.05, 0) is 36.1 Å². The number of benzene rings is 2. The predicted molar refractivity (Wildman–Crippen MR) is 157 cm³/mol. The van der Waals surface area contributed by atoms with Crippen molar-refractivity contribution in [2.45, 2.75) is 52.2 Å². The lowest BCUT2D eigenvalue weighted by Crippen LogP contribution is -2.47. The van der Waals surface area contributed by atoms with Gasteiger partial charge in [-0.1, -0.05) is 48.5 Å².